The molecule has 2 aromatic carbocycles. The topological polar surface area (TPSA) is 93.5 Å². The molecule has 1 N–H and O–H groups in total. The lowest BCUT2D eigenvalue weighted by atomic mass is 9.80. The second kappa shape index (κ2) is 7.18. The first kappa shape index (κ1) is 20.3. The van der Waals surface area contributed by atoms with Crippen LogP contribution in [0.4, 0.5) is 9.59 Å². The highest BCUT2D eigenvalue weighted by atomic mass is 16.6. The van der Waals surface area contributed by atoms with Crippen LogP contribution in [0.15, 0.2) is 60.7 Å². The van der Waals surface area contributed by atoms with E-state index in [1.807, 2.05) is 65.6 Å². The van der Waals surface area contributed by atoms with Gasteiger partial charge in [0.15, 0.2) is 11.3 Å². The van der Waals surface area contributed by atoms with E-state index in [-0.39, 0.29) is 30.4 Å². The molecule has 9 nitrogen and oxygen atoms in total. The average molecular weight is 463 g/mol. The summed E-state index contributed by atoms with van der Waals surface area (Å²) < 4.78 is 16.7. The maximum Gasteiger partial charge on any atom is 0.324 e. The zero-order chi connectivity index (χ0) is 22.9. The number of ether oxygens (including phenoxy) is 3. The van der Waals surface area contributed by atoms with Gasteiger partial charge in [0.2, 0.25) is 0 Å². The standard InChI is InChI=1S/C25H26N4O5/c30-22-26-24(17-7-3-1-4-8-17)25(18-9-5-2-6-10-18,27(22)11-19-14-32-19)29(13-21-16-34-21)23(31)28(24)12-20-15-33-20/h1-10,19-21H,11-16H2,(H,26,30). The molecule has 0 aliphatic carbocycles. The van der Waals surface area contributed by atoms with Crippen molar-refractivity contribution in [3.63, 3.8) is 0 Å². The second-order valence-electron chi connectivity index (χ2n) is 9.53. The van der Waals surface area contributed by atoms with Gasteiger partial charge in [0.1, 0.15) is 0 Å². The van der Waals surface area contributed by atoms with Gasteiger partial charge in [-0.25, -0.2) is 9.59 Å². The maximum absolute atomic E-state index is 14.3. The Labute approximate surface area is 197 Å². The van der Waals surface area contributed by atoms with E-state index in [9.17, 15) is 9.59 Å². The van der Waals surface area contributed by atoms with Crippen molar-refractivity contribution in [2.45, 2.75) is 29.6 Å². The number of amides is 4. The van der Waals surface area contributed by atoms with Crippen LogP contribution in [0.3, 0.4) is 0 Å². The van der Waals surface area contributed by atoms with Crippen LogP contribution in [0.2, 0.25) is 0 Å². The van der Waals surface area contributed by atoms with Gasteiger partial charge in [-0.05, 0) is 0 Å². The molecule has 5 aliphatic rings. The number of hydrogen-bond acceptors (Lipinski definition) is 5. The summed E-state index contributed by atoms with van der Waals surface area (Å²) in [6.07, 6.45) is -0.148. The molecular weight excluding hydrogens is 436 g/mol. The molecule has 7 rings (SSSR count). The predicted octanol–water partition coefficient (Wildman–Crippen LogP) is 1.65. The minimum Gasteiger partial charge on any atom is -0.371 e. The molecule has 0 spiro atoms. The van der Waals surface area contributed by atoms with E-state index < -0.39 is 11.3 Å². The van der Waals surface area contributed by atoms with E-state index in [1.165, 1.54) is 0 Å². The fourth-order valence-electron chi connectivity index (χ4n) is 5.75. The minimum atomic E-state index is -1.15. The zero-order valence-electron chi connectivity index (χ0n) is 18.6. The summed E-state index contributed by atoms with van der Waals surface area (Å²) in [5.74, 6) is 0. The van der Waals surface area contributed by atoms with E-state index in [0.29, 0.717) is 39.5 Å². The van der Waals surface area contributed by atoms with Gasteiger partial charge in [-0.3, -0.25) is 14.7 Å². The van der Waals surface area contributed by atoms with Gasteiger partial charge in [-0.15, -0.1) is 0 Å². The van der Waals surface area contributed by atoms with E-state index >= 15 is 0 Å². The van der Waals surface area contributed by atoms with Crippen LogP contribution in [-0.4, -0.2) is 84.5 Å². The number of benzene rings is 2. The van der Waals surface area contributed by atoms with E-state index in [1.54, 1.807) is 9.80 Å². The third-order valence-corrected chi connectivity index (χ3v) is 7.42. The number of urea groups is 2. The van der Waals surface area contributed by atoms with Gasteiger partial charge in [-0.2, -0.15) is 0 Å². The molecule has 5 atom stereocenters. The molecule has 2 aromatic rings. The monoisotopic (exact) mass is 462 g/mol. The molecule has 0 aromatic heterocycles. The normalized spacial score (nSPS) is 35.4. The van der Waals surface area contributed by atoms with Crippen molar-refractivity contribution in [3.05, 3.63) is 71.8 Å². The zero-order valence-corrected chi connectivity index (χ0v) is 18.6. The van der Waals surface area contributed by atoms with Gasteiger partial charge in [0.25, 0.3) is 0 Å². The molecular formula is C25H26N4O5. The number of carbonyl (C=O) groups excluding carboxylic acids is 2. The Hall–Kier alpha value is -3.14. The highest BCUT2D eigenvalue weighted by molar-refractivity contribution is 5.90. The van der Waals surface area contributed by atoms with Gasteiger partial charge in [0.05, 0.1) is 57.8 Å². The van der Waals surface area contributed by atoms with E-state index in [4.69, 9.17) is 14.2 Å². The molecule has 5 unspecified atom stereocenters. The molecule has 5 fully saturated rings. The number of epoxide rings is 3. The number of carbonyl (C=O) groups is 2. The van der Waals surface area contributed by atoms with Gasteiger partial charge < -0.3 is 19.5 Å². The summed E-state index contributed by atoms with van der Waals surface area (Å²) in [6.45, 7) is 2.97. The highest BCUT2D eigenvalue weighted by Gasteiger charge is 2.77. The van der Waals surface area contributed by atoms with Crippen LogP contribution >= 0.6 is 0 Å². The van der Waals surface area contributed by atoms with Gasteiger partial charge >= 0.3 is 12.1 Å². The van der Waals surface area contributed by atoms with Crippen molar-refractivity contribution in [1.29, 1.82) is 0 Å². The average Bonchev–Trinajstić information content (AvgIpc) is 3.73. The summed E-state index contributed by atoms with van der Waals surface area (Å²) in [4.78, 5) is 33.6. The number of nitrogens with zero attached hydrogens (tertiary/aromatic N) is 3. The Morgan fingerprint density at radius 3 is 1.71 bits per heavy atom. The number of hydrogen-bond donors (Lipinski definition) is 1. The van der Waals surface area contributed by atoms with Crippen LogP contribution in [0.1, 0.15) is 11.1 Å². The van der Waals surface area contributed by atoms with Gasteiger partial charge in [0, 0.05) is 11.1 Å². The highest BCUT2D eigenvalue weighted by Crippen LogP contribution is 2.58. The smallest absolute Gasteiger partial charge is 0.324 e. The Balaban J connectivity index is 1.52. The van der Waals surface area contributed by atoms with Crippen LogP contribution < -0.4 is 5.32 Å². The molecule has 5 heterocycles. The number of fused-ring (bicyclic) bond motifs is 1. The lowest BCUT2D eigenvalue weighted by Gasteiger charge is -2.48. The molecule has 34 heavy (non-hydrogen) atoms. The Bertz CT molecular complexity index is 1110. The Kier molecular flexibility index (Phi) is 4.28. The fourth-order valence-corrected chi connectivity index (χ4v) is 5.75. The molecule has 4 amide bonds. The van der Waals surface area contributed by atoms with Crippen LogP contribution in [0.25, 0.3) is 0 Å². The number of nitrogens with one attached hydrogen (secondary N) is 1. The molecule has 5 saturated heterocycles. The molecule has 5 aliphatic heterocycles. The summed E-state index contributed by atoms with van der Waals surface area (Å²) in [5, 5.41) is 3.30. The summed E-state index contributed by atoms with van der Waals surface area (Å²) in [6, 6.07) is 19.3. The van der Waals surface area contributed by atoms with Crippen molar-refractivity contribution in [2.75, 3.05) is 39.5 Å². The van der Waals surface area contributed by atoms with Crippen LogP contribution in [-0.2, 0) is 25.5 Å². The lowest BCUT2D eigenvalue weighted by molar-refractivity contribution is -0.0413. The third kappa shape index (κ3) is 2.77. The molecule has 0 saturated carbocycles. The first-order chi connectivity index (χ1) is 16.6. The van der Waals surface area contributed by atoms with Crippen molar-refractivity contribution < 1.29 is 23.8 Å². The molecule has 176 valence electrons. The summed E-state index contributed by atoms with van der Waals surface area (Å²) >= 11 is 0. The predicted molar refractivity (Wildman–Crippen MR) is 120 cm³/mol. The lowest BCUT2D eigenvalue weighted by Crippen LogP contribution is -2.64. The fraction of sp³-hybridized carbons (Fsp3) is 0.440. The van der Waals surface area contributed by atoms with E-state index in [0.717, 1.165) is 11.1 Å². The first-order valence-electron chi connectivity index (χ1n) is 11.8. The van der Waals surface area contributed by atoms with Crippen molar-refractivity contribution in [3.8, 4) is 0 Å². The van der Waals surface area contributed by atoms with Crippen molar-refractivity contribution in [2.24, 2.45) is 0 Å². The summed E-state index contributed by atoms with van der Waals surface area (Å²) in [7, 11) is 0. The largest absolute Gasteiger partial charge is 0.371 e. The minimum absolute atomic E-state index is 0.0483. The number of rotatable bonds is 8. The second-order valence-corrected chi connectivity index (χ2v) is 9.53. The summed E-state index contributed by atoms with van der Waals surface area (Å²) in [5.41, 5.74) is -0.568. The SMILES string of the molecule is O=C1NC2(c3ccccc3)N(CC3CO3)C(=O)N(CC3CO3)C2(c2ccccc2)N1CC1CO1. The van der Waals surface area contributed by atoms with Crippen LogP contribution in [0.5, 0.6) is 0 Å². The molecule has 0 bridgehead atoms. The molecule has 9 heteroatoms. The quantitative estimate of drug-likeness (QED) is 0.603. The maximum atomic E-state index is 14.3. The van der Waals surface area contributed by atoms with Gasteiger partial charge in [-0.1, -0.05) is 60.7 Å². The first-order valence-corrected chi connectivity index (χ1v) is 11.8. The Morgan fingerprint density at radius 1 is 0.706 bits per heavy atom. The van der Waals surface area contributed by atoms with Crippen LogP contribution in [0, 0.1) is 0 Å². The molecule has 0 radical (unpaired) electrons. The van der Waals surface area contributed by atoms with Crippen molar-refractivity contribution >= 4 is 12.1 Å². The van der Waals surface area contributed by atoms with Crippen molar-refractivity contribution in [1.82, 2.24) is 20.0 Å². The van der Waals surface area contributed by atoms with E-state index in [2.05, 4.69) is 5.32 Å². The Morgan fingerprint density at radius 2 is 1.18 bits per heavy atom. The third-order valence-electron chi connectivity index (χ3n) is 7.42.